The van der Waals surface area contributed by atoms with Gasteiger partial charge in [-0.05, 0) is 25.3 Å². The molecule has 0 spiro atoms. The number of allylic oxidation sites excluding steroid dienone is 24. The van der Waals surface area contributed by atoms with Gasteiger partial charge in [0.25, 0.3) is 0 Å². The van der Waals surface area contributed by atoms with Crippen molar-refractivity contribution in [2.24, 2.45) is 0 Å². The van der Waals surface area contributed by atoms with Crippen molar-refractivity contribution in [1.82, 2.24) is 0 Å². The molecule has 0 heteroatoms. The summed E-state index contributed by atoms with van der Waals surface area (Å²) in [5.41, 5.74) is 0. The van der Waals surface area contributed by atoms with Gasteiger partial charge in [0.1, 0.15) is 0 Å². The van der Waals surface area contributed by atoms with E-state index in [1.807, 2.05) is 122 Å². The van der Waals surface area contributed by atoms with Crippen molar-refractivity contribution in [2.75, 3.05) is 0 Å². The molecule has 0 unspecified atom stereocenters. The molecule has 0 aromatic carbocycles. The number of rotatable bonds is 0. The van der Waals surface area contributed by atoms with Gasteiger partial charge in [-0.3, -0.25) is 0 Å². The summed E-state index contributed by atoms with van der Waals surface area (Å²) in [4.78, 5) is 0. The molecule has 0 saturated carbocycles. The average Bonchev–Trinajstić information content (AvgIpc) is 2.68. The van der Waals surface area contributed by atoms with Crippen LogP contribution in [0.3, 0.4) is 0 Å². The maximum Gasteiger partial charge on any atom is -0.0273 e. The molecule has 0 aromatic heterocycles. The zero-order valence-corrected chi connectivity index (χ0v) is 15.9. The molecule has 0 fully saturated rings. The first-order chi connectivity index (χ1) is 13.5. The van der Waals surface area contributed by atoms with Crippen LogP contribution in [-0.2, 0) is 0 Å². The van der Waals surface area contributed by atoms with Crippen LogP contribution in [0.5, 0.6) is 0 Å². The summed E-state index contributed by atoms with van der Waals surface area (Å²) in [6.45, 7) is 0. The van der Waals surface area contributed by atoms with E-state index in [0.29, 0.717) is 0 Å². The average molecular weight is 354 g/mol. The van der Waals surface area contributed by atoms with Gasteiger partial charge in [0, 0.05) is 0 Å². The van der Waals surface area contributed by atoms with Crippen LogP contribution in [0.1, 0.15) is 19.3 Å². The van der Waals surface area contributed by atoms with Crippen LogP contribution in [0, 0.1) is 6.08 Å². The number of hydrogen-bond donors (Lipinski definition) is 0. The van der Waals surface area contributed by atoms with Crippen LogP contribution in [0.4, 0.5) is 0 Å². The molecule has 137 valence electrons. The van der Waals surface area contributed by atoms with Crippen LogP contribution >= 0.6 is 0 Å². The maximum absolute atomic E-state index is 3.29. The molecule has 0 aromatic rings. The first-order valence-corrected chi connectivity index (χ1v) is 9.38. The summed E-state index contributed by atoms with van der Waals surface area (Å²) >= 11 is 0. The normalized spacial score (nSPS) is 31.1. The van der Waals surface area contributed by atoms with Gasteiger partial charge < -0.3 is 0 Å². The van der Waals surface area contributed by atoms with Gasteiger partial charge in [-0.15, -0.1) is 0 Å². The van der Waals surface area contributed by atoms with E-state index in [9.17, 15) is 0 Å². The first kappa shape index (κ1) is 21.9. The Hall–Kier alpha value is -3.12. The van der Waals surface area contributed by atoms with E-state index >= 15 is 0 Å². The largest absolute Gasteiger partial charge is 0.0845 e. The van der Waals surface area contributed by atoms with E-state index in [2.05, 4.69) is 24.3 Å². The summed E-state index contributed by atoms with van der Waals surface area (Å²) < 4.78 is 0. The smallest absolute Gasteiger partial charge is 0.0273 e. The molecule has 0 saturated heterocycles. The van der Waals surface area contributed by atoms with Gasteiger partial charge in [-0.1, -0.05) is 140 Å². The zero-order chi connectivity index (χ0) is 19.1. The standard InChI is InChI=1S/C27H29/c1-2-4-6-8-10-12-14-16-18-20-22-24-26-27-25-23-21-19-17-15-13-11-9-7-5-3-1/h1-23H,24,26-27H2/b2-1-,5-3-,6-4-,9-7-,10-8-,13-11-,14-12-,17-15-,18-16-,21-19-,22-20-,25-23?. The molecule has 27 heavy (non-hydrogen) atoms. The molecule has 0 N–H and O–H groups in total. The summed E-state index contributed by atoms with van der Waals surface area (Å²) in [5.74, 6) is 0. The third-order valence-corrected chi connectivity index (χ3v) is 3.26. The Labute approximate surface area is 165 Å². The predicted octanol–water partition coefficient (Wildman–Crippen LogP) is 7.65. The van der Waals surface area contributed by atoms with E-state index in [1.165, 1.54) is 0 Å². The Morgan fingerprint density at radius 2 is 0.704 bits per heavy atom. The van der Waals surface area contributed by atoms with Crippen LogP contribution in [-0.4, -0.2) is 0 Å². The molecule has 0 heterocycles. The topological polar surface area (TPSA) is 0 Å². The summed E-state index contributed by atoms with van der Waals surface area (Å²) in [6, 6.07) is 0. The van der Waals surface area contributed by atoms with E-state index in [1.54, 1.807) is 0 Å². The Bertz CT molecular complexity index is 643. The van der Waals surface area contributed by atoms with Gasteiger partial charge >= 0.3 is 0 Å². The van der Waals surface area contributed by atoms with Crippen LogP contribution in [0.15, 0.2) is 140 Å². The highest BCUT2D eigenvalue weighted by Crippen LogP contribution is 1.98. The van der Waals surface area contributed by atoms with E-state index in [4.69, 9.17) is 0 Å². The second-order valence-corrected chi connectivity index (χ2v) is 5.54. The van der Waals surface area contributed by atoms with Gasteiger partial charge in [0.2, 0.25) is 0 Å². The van der Waals surface area contributed by atoms with E-state index in [0.717, 1.165) is 19.3 Å². The molecule has 0 atom stereocenters. The molecule has 0 bridgehead atoms. The van der Waals surface area contributed by atoms with Gasteiger partial charge in [-0.25, -0.2) is 0 Å². The Balaban J connectivity index is 2.58. The maximum atomic E-state index is 3.29. The summed E-state index contributed by atoms with van der Waals surface area (Å²) in [6.07, 6.45) is 53.0. The quantitative estimate of drug-likeness (QED) is 0.419. The fourth-order valence-electron chi connectivity index (χ4n) is 1.92. The number of hydrogen-bond acceptors (Lipinski definition) is 0. The first-order valence-electron chi connectivity index (χ1n) is 9.38. The monoisotopic (exact) mass is 353 g/mol. The van der Waals surface area contributed by atoms with Gasteiger partial charge in [0.05, 0.1) is 0 Å². The lowest BCUT2D eigenvalue weighted by Crippen LogP contribution is -1.68. The van der Waals surface area contributed by atoms with Crippen LogP contribution in [0.2, 0.25) is 0 Å². The second kappa shape index (κ2) is 19.2. The van der Waals surface area contributed by atoms with Crippen molar-refractivity contribution in [3.63, 3.8) is 0 Å². The van der Waals surface area contributed by atoms with Crippen LogP contribution in [0.25, 0.3) is 0 Å². The highest BCUT2D eigenvalue weighted by Gasteiger charge is 1.79. The van der Waals surface area contributed by atoms with Crippen molar-refractivity contribution in [2.45, 2.75) is 19.3 Å². The highest BCUT2D eigenvalue weighted by molar-refractivity contribution is 5.23. The van der Waals surface area contributed by atoms with Crippen molar-refractivity contribution < 1.29 is 0 Å². The van der Waals surface area contributed by atoms with Crippen molar-refractivity contribution >= 4 is 0 Å². The van der Waals surface area contributed by atoms with Crippen molar-refractivity contribution in [3.05, 3.63) is 146 Å². The van der Waals surface area contributed by atoms with E-state index < -0.39 is 0 Å². The fourth-order valence-corrected chi connectivity index (χ4v) is 1.92. The lowest BCUT2D eigenvalue weighted by Gasteiger charge is -1.87. The van der Waals surface area contributed by atoms with Gasteiger partial charge in [0.15, 0.2) is 0 Å². The predicted molar refractivity (Wildman–Crippen MR) is 122 cm³/mol. The molecular weight excluding hydrogens is 324 g/mol. The summed E-state index contributed by atoms with van der Waals surface area (Å²) in [7, 11) is 0. The van der Waals surface area contributed by atoms with Crippen molar-refractivity contribution in [3.8, 4) is 0 Å². The molecule has 1 rings (SSSR count). The molecule has 1 radical (unpaired) electrons. The molecular formula is C27H29. The molecule has 1 aliphatic rings. The second-order valence-electron chi connectivity index (χ2n) is 5.54. The molecule has 1 aliphatic carbocycles. The highest BCUT2D eigenvalue weighted by atomic mass is 13.8. The zero-order valence-electron chi connectivity index (χ0n) is 15.9. The SMILES string of the molecule is [C]1=C/C=C\C=C/C=C\C=C/C=C\C=C/C=C\C=C/C=C\C=C/C=C\CCC\1. The minimum absolute atomic E-state index is 0.980. The molecule has 0 nitrogen and oxygen atoms in total. The Morgan fingerprint density at radius 1 is 0.370 bits per heavy atom. The molecule has 0 aliphatic heterocycles. The van der Waals surface area contributed by atoms with Crippen molar-refractivity contribution in [1.29, 1.82) is 0 Å². The molecule has 0 amide bonds. The summed E-state index contributed by atoms with van der Waals surface area (Å²) in [5, 5.41) is 0. The lowest BCUT2D eigenvalue weighted by molar-refractivity contribution is 0.855. The third kappa shape index (κ3) is 17.5. The fraction of sp³-hybridized carbons (Fsp3) is 0.111. The van der Waals surface area contributed by atoms with Crippen LogP contribution < -0.4 is 0 Å². The Kier molecular flexibility index (Phi) is 15.6. The Morgan fingerprint density at radius 3 is 1.11 bits per heavy atom. The van der Waals surface area contributed by atoms with Gasteiger partial charge in [-0.2, -0.15) is 0 Å². The minimum atomic E-state index is 0.980. The third-order valence-electron chi connectivity index (χ3n) is 3.26. The minimum Gasteiger partial charge on any atom is -0.0845 e. The lowest BCUT2D eigenvalue weighted by atomic mass is 10.2. The van der Waals surface area contributed by atoms with E-state index in [-0.39, 0.29) is 0 Å².